The van der Waals surface area contributed by atoms with Crippen molar-refractivity contribution in [2.45, 2.75) is 6.42 Å². The van der Waals surface area contributed by atoms with Crippen LogP contribution < -0.4 is 9.47 Å². The lowest BCUT2D eigenvalue weighted by Gasteiger charge is -2.14. The molecule has 1 aromatic rings. The van der Waals surface area contributed by atoms with Gasteiger partial charge in [-0.05, 0) is 0 Å². The van der Waals surface area contributed by atoms with Gasteiger partial charge in [0.15, 0.2) is 11.5 Å². The summed E-state index contributed by atoms with van der Waals surface area (Å²) in [7, 11) is 2.94. The molecule has 0 heterocycles. The fourth-order valence-corrected chi connectivity index (χ4v) is 1.58. The maximum Gasteiger partial charge on any atom is 0.167 e. The molecule has 0 atom stereocenters. The highest BCUT2D eigenvalue weighted by Crippen LogP contribution is 2.42. The van der Waals surface area contributed by atoms with E-state index in [4.69, 9.17) is 26.2 Å². The summed E-state index contributed by atoms with van der Waals surface area (Å²) < 4.78 is 10.2. The Kier molecular flexibility index (Phi) is 4.05. The van der Waals surface area contributed by atoms with Gasteiger partial charge in [0, 0.05) is 24.7 Å². The van der Waals surface area contributed by atoms with Crippen LogP contribution >= 0.6 is 11.6 Å². The zero-order chi connectivity index (χ0) is 11.4. The summed E-state index contributed by atoms with van der Waals surface area (Å²) >= 11 is 5.80. The van der Waals surface area contributed by atoms with Gasteiger partial charge in [-0.2, -0.15) is 0 Å². The summed E-state index contributed by atoms with van der Waals surface area (Å²) in [5, 5.41) is 18.7. The van der Waals surface area contributed by atoms with Crippen LogP contribution in [0.4, 0.5) is 0 Å². The van der Waals surface area contributed by atoms with Crippen molar-refractivity contribution in [3.8, 4) is 17.2 Å². The SMILES string of the molecule is COc1cc(Cl)c(O)c(CCO)c1OC. The molecular formula is C10H13ClO4. The van der Waals surface area contributed by atoms with E-state index >= 15 is 0 Å². The fourth-order valence-electron chi connectivity index (χ4n) is 1.37. The van der Waals surface area contributed by atoms with Crippen molar-refractivity contribution in [1.82, 2.24) is 0 Å². The molecule has 0 spiro atoms. The zero-order valence-corrected chi connectivity index (χ0v) is 9.34. The number of hydrogen-bond donors (Lipinski definition) is 2. The molecule has 5 heteroatoms. The summed E-state index contributed by atoms with van der Waals surface area (Å²) in [6.45, 7) is -0.104. The molecule has 0 aliphatic carbocycles. The summed E-state index contributed by atoms with van der Waals surface area (Å²) in [6, 6.07) is 1.47. The highest BCUT2D eigenvalue weighted by molar-refractivity contribution is 6.32. The van der Waals surface area contributed by atoms with E-state index in [1.807, 2.05) is 0 Å². The molecule has 0 aromatic heterocycles. The van der Waals surface area contributed by atoms with Gasteiger partial charge in [0.1, 0.15) is 5.75 Å². The maximum atomic E-state index is 9.68. The van der Waals surface area contributed by atoms with Crippen LogP contribution in [0, 0.1) is 0 Å². The molecule has 0 aliphatic rings. The lowest BCUT2D eigenvalue weighted by molar-refractivity contribution is 0.291. The smallest absolute Gasteiger partial charge is 0.167 e. The van der Waals surface area contributed by atoms with Crippen molar-refractivity contribution in [2.75, 3.05) is 20.8 Å². The Morgan fingerprint density at radius 1 is 1.33 bits per heavy atom. The molecule has 0 amide bonds. The molecule has 0 fully saturated rings. The molecule has 0 unspecified atom stereocenters. The fraction of sp³-hybridized carbons (Fsp3) is 0.400. The van der Waals surface area contributed by atoms with Crippen molar-refractivity contribution in [3.63, 3.8) is 0 Å². The Balaban J connectivity index is 3.35. The molecule has 0 saturated carbocycles. The van der Waals surface area contributed by atoms with E-state index in [2.05, 4.69) is 0 Å². The Hall–Kier alpha value is -1.13. The Morgan fingerprint density at radius 3 is 2.47 bits per heavy atom. The number of aromatic hydroxyl groups is 1. The van der Waals surface area contributed by atoms with Crippen molar-refractivity contribution in [2.24, 2.45) is 0 Å². The minimum Gasteiger partial charge on any atom is -0.506 e. The van der Waals surface area contributed by atoms with E-state index in [1.54, 1.807) is 0 Å². The van der Waals surface area contributed by atoms with Crippen molar-refractivity contribution >= 4 is 11.6 Å². The third kappa shape index (κ3) is 2.27. The predicted molar refractivity (Wildman–Crippen MR) is 57.0 cm³/mol. The van der Waals surface area contributed by atoms with Gasteiger partial charge >= 0.3 is 0 Å². The first kappa shape index (κ1) is 11.9. The molecule has 2 N–H and O–H groups in total. The van der Waals surface area contributed by atoms with E-state index in [0.29, 0.717) is 17.1 Å². The van der Waals surface area contributed by atoms with Crippen LogP contribution in [0.1, 0.15) is 5.56 Å². The van der Waals surface area contributed by atoms with Crippen LogP contribution in [0.5, 0.6) is 17.2 Å². The molecular weight excluding hydrogens is 220 g/mol. The molecule has 4 nitrogen and oxygen atoms in total. The van der Waals surface area contributed by atoms with Gasteiger partial charge < -0.3 is 19.7 Å². The first-order valence-electron chi connectivity index (χ1n) is 4.38. The zero-order valence-electron chi connectivity index (χ0n) is 8.58. The number of rotatable bonds is 4. The van der Waals surface area contributed by atoms with Crippen LogP contribution in [0.15, 0.2) is 6.07 Å². The molecule has 84 valence electrons. The van der Waals surface area contributed by atoms with Crippen LogP contribution in [0.3, 0.4) is 0 Å². The number of halogens is 1. The monoisotopic (exact) mass is 232 g/mol. The maximum absolute atomic E-state index is 9.68. The number of benzene rings is 1. The predicted octanol–water partition coefficient (Wildman–Crippen LogP) is 1.60. The van der Waals surface area contributed by atoms with E-state index in [0.717, 1.165) is 0 Å². The Labute approximate surface area is 93.0 Å². The van der Waals surface area contributed by atoms with Crippen LogP contribution in [-0.4, -0.2) is 31.0 Å². The number of aliphatic hydroxyl groups is 1. The lowest BCUT2D eigenvalue weighted by atomic mass is 10.1. The second-order valence-electron chi connectivity index (χ2n) is 2.89. The van der Waals surface area contributed by atoms with Gasteiger partial charge in [0.05, 0.1) is 19.2 Å². The quantitative estimate of drug-likeness (QED) is 0.828. The number of phenols is 1. The number of hydrogen-bond acceptors (Lipinski definition) is 4. The number of ether oxygens (including phenoxy) is 2. The molecule has 0 radical (unpaired) electrons. The molecule has 1 aromatic carbocycles. The summed E-state index contributed by atoms with van der Waals surface area (Å²) in [4.78, 5) is 0. The summed E-state index contributed by atoms with van der Waals surface area (Å²) in [5.41, 5.74) is 0.448. The molecule has 15 heavy (non-hydrogen) atoms. The van der Waals surface area contributed by atoms with Crippen molar-refractivity contribution in [1.29, 1.82) is 0 Å². The molecule has 0 aliphatic heterocycles. The third-order valence-corrected chi connectivity index (χ3v) is 2.34. The van der Waals surface area contributed by atoms with Crippen LogP contribution in [-0.2, 0) is 6.42 Å². The lowest BCUT2D eigenvalue weighted by Crippen LogP contribution is -1.99. The van der Waals surface area contributed by atoms with Gasteiger partial charge in [0.25, 0.3) is 0 Å². The minimum atomic E-state index is -0.104. The van der Waals surface area contributed by atoms with Crippen LogP contribution in [0.25, 0.3) is 0 Å². The van der Waals surface area contributed by atoms with Gasteiger partial charge in [0.2, 0.25) is 0 Å². The Bertz CT molecular complexity index is 352. The van der Waals surface area contributed by atoms with Crippen LogP contribution in [0.2, 0.25) is 5.02 Å². The second-order valence-corrected chi connectivity index (χ2v) is 3.30. The van der Waals surface area contributed by atoms with Gasteiger partial charge in [-0.1, -0.05) is 11.6 Å². The molecule has 0 bridgehead atoms. The highest BCUT2D eigenvalue weighted by Gasteiger charge is 2.17. The largest absolute Gasteiger partial charge is 0.506 e. The van der Waals surface area contributed by atoms with E-state index < -0.39 is 0 Å². The third-order valence-electron chi connectivity index (χ3n) is 2.05. The van der Waals surface area contributed by atoms with Gasteiger partial charge in [-0.25, -0.2) is 0 Å². The highest BCUT2D eigenvalue weighted by atomic mass is 35.5. The number of aliphatic hydroxyl groups excluding tert-OH is 1. The Morgan fingerprint density at radius 2 is 2.00 bits per heavy atom. The molecule has 0 saturated heterocycles. The van der Waals surface area contributed by atoms with E-state index in [9.17, 15) is 5.11 Å². The van der Waals surface area contributed by atoms with E-state index in [-0.39, 0.29) is 23.8 Å². The average Bonchev–Trinajstić information content (AvgIpc) is 2.24. The van der Waals surface area contributed by atoms with E-state index in [1.165, 1.54) is 20.3 Å². The summed E-state index contributed by atoms with van der Waals surface area (Å²) in [5.74, 6) is 0.751. The normalized spacial score (nSPS) is 10.1. The number of methoxy groups -OCH3 is 2. The van der Waals surface area contributed by atoms with Crippen molar-refractivity contribution < 1.29 is 19.7 Å². The second kappa shape index (κ2) is 5.09. The van der Waals surface area contributed by atoms with Crippen molar-refractivity contribution in [3.05, 3.63) is 16.7 Å². The number of phenolic OH excluding ortho intramolecular Hbond substituents is 1. The van der Waals surface area contributed by atoms with Gasteiger partial charge in [-0.3, -0.25) is 0 Å². The minimum absolute atomic E-state index is 0.0802. The standard InChI is InChI=1S/C10H13ClO4/c1-14-8-5-7(11)9(13)6(3-4-12)10(8)15-2/h5,12-13H,3-4H2,1-2H3. The first-order chi connectivity index (χ1) is 7.15. The molecule has 1 rings (SSSR count). The topological polar surface area (TPSA) is 58.9 Å². The summed E-state index contributed by atoms with van der Waals surface area (Å²) in [6.07, 6.45) is 0.256. The average molecular weight is 233 g/mol. The van der Waals surface area contributed by atoms with Gasteiger partial charge in [-0.15, -0.1) is 0 Å². The first-order valence-corrected chi connectivity index (χ1v) is 4.76.